The topological polar surface area (TPSA) is 48.3 Å². The van der Waals surface area contributed by atoms with Crippen molar-refractivity contribution in [3.05, 3.63) is 34.1 Å². The molecule has 2 aromatic heterocycles. The van der Waals surface area contributed by atoms with Crippen LogP contribution in [-0.2, 0) is 16.1 Å². The number of carbonyl (C=O) groups excluding carboxylic acids is 1. The van der Waals surface area contributed by atoms with Gasteiger partial charge in [-0.15, -0.1) is 11.3 Å². The molecule has 0 aliphatic rings. The number of nitrogens with zero attached hydrogens (tertiary/aromatic N) is 1. The Kier molecular flexibility index (Phi) is 3.28. The molecule has 0 N–H and O–H groups in total. The average Bonchev–Trinajstić information content (AvgIpc) is 2.69. The number of esters is 1. The van der Waals surface area contributed by atoms with E-state index in [1.807, 2.05) is 11.4 Å². The van der Waals surface area contributed by atoms with Gasteiger partial charge in [-0.3, -0.25) is 9.59 Å². The van der Waals surface area contributed by atoms with Gasteiger partial charge in [-0.1, -0.05) is 0 Å². The Balaban J connectivity index is 2.27. The van der Waals surface area contributed by atoms with Gasteiger partial charge in [-0.05, 0) is 31.4 Å². The molecule has 0 amide bonds. The molecule has 0 saturated carbocycles. The second-order valence-electron chi connectivity index (χ2n) is 3.99. The van der Waals surface area contributed by atoms with E-state index in [1.54, 1.807) is 26.1 Å². The molecule has 0 saturated heterocycles. The lowest BCUT2D eigenvalue weighted by Gasteiger charge is -2.09. The van der Waals surface area contributed by atoms with E-state index in [9.17, 15) is 9.59 Å². The molecule has 0 spiro atoms. The number of carbonyl (C=O) groups is 1. The van der Waals surface area contributed by atoms with E-state index in [2.05, 4.69) is 0 Å². The smallest absolute Gasteiger partial charge is 0.326 e. The van der Waals surface area contributed by atoms with E-state index in [0.29, 0.717) is 5.39 Å². The van der Waals surface area contributed by atoms with Crippen molar-refractivity contribution in [2.24, 2.45) is 0 Å². The molecule has 5 heteroatoms. The molecule has 0 bridgehead atoms. The number of fused-ring (bicyclic) bond motifs is 1. The van der Waals surface area contributed by atoms with Crippen molar-refractivity contribution >= 4 is 27.4 Å². The van der Waals surface area contributed by atoms with E-state index < -0.39 is 5.97 Å². The van der Waals surface area contributed by atoms with E-state index >= 15 is 0 Å². The Morgan fingerprint density at radius 3 is 2.94 bits per heavy atom. The number of rotatable bonds is 3. The Bertz CT molecular complexity index is 597. The van der Waals surface area contributed by atoms with Crippen LogP contribution >= 0.6 is 11.3 Å². The fourth-order valence-electron chi connectivity index (χ4n) is 1.57. The molecular formula is C12H13NO3S. The summed E-state index contributed by atoms with van der Waals surface area (Å²) in [7, 11) is 0. The zero-order chi connectivity index (χ0) is 12.4. The highest BCUT2D eigenvalue weighted by atomic mass is 32.1. The molecule has 2 aromatic rings. The maximum Gasteiger partial charge on any atom is 0.326 e. The first kappa shape index (κ1) is 11.9. The third-order valence-corrected chi connectivity index (χ3v) is 3.14. The van der Waals surface area contributed by atoms with Crippen molar-refractivity contribution in [2.45, 2.75) is 26.5 Å². The van der Waals surface area contributed by atoms with Crippen LogP contribution < -0.4 is 5.56 Å². The molecule has 0 aromatic carbocycles. The van der Waals surface area contributed by atoms with Crippen LogP contribution in [-0.4, -0.2) is 16.6 Å². The van der Waals surface area contributed by atoms with Crippen LogP contribution in [0.4, 0.5) is 0 Å². The number of pyridine rings is 1. The number of hydrogen-bond donors (Lipinski definition) is 0. The molecule has 2 heterocycles. The highest BCUT2D eigenvalue weighted by molar-refractivity contribution is 7.17. The highest BCUT2D eigenvalue weighted by Crippen LogP contribution is 2.16. The quantitative estimate of drug-likeness (QED) is 0.784. The van der Waals surface area contributed by atoms with Gasteiger partial charge in [0.05, 0.1) is 11.5 Å². The van der Waals surface area contributed by atoms with E-state index in [1.165, 1.54) is 15.9 Å². The lowest BCUT2D eigenvalue weighted by molar-refractivity contribution is -0.148. The first-order valence-corrected chi connectivity index (χ1v) is 6.22. The van der Waals surface area contributed by atoms with Crippen LogP contribution in [0.15, 0.2) is 28.5 Å². The summed E-state index contributed by atoms with van der Waals surface area (Å²) in [6.07, 6.45) is 1.46. The summed E-state index contributed by atoms with van der Waals surface area (Å²) >= 11 is 1.51. The standard InChI is InChI=1S/C12H13NO3S/c1-8(2)16-11(14)7-13-5-3-10-9(12(13)15)4-6-17-10/h3-6,8H,7H2,1-2H3. The van der Waals surface area contributed by atoms with Crippen LogP contribution in [0.3, 0.4) is 0 Å². The zero-order valence-corrected chi connectivity index (χ0v) is 10.5. The summed E-state index contributed by atoms with van der Waals surface area (Å²) in [6, 6.07) is 3.61. The van der Waals surface area contributed by atoms with Crippen molar-refractivity contribution in [3.8, 4) is 0 Å². The molecule has 90 valence electrons. The highest BCUT2D eigenvalue weighted by Gasteiger charge is 2.09. The van der Waals surface area contributed by atoms with Gasteiger partial charge in [0, 0.05) is 10.9 Å². The van der Waals surface area contributed by atoms with Crippen LogP contribution in [0.25, 0.3) is 10.1 Å². The molecule has 17 heavy (non-hydrogen) atoms. The third kappa shape index (κ3) is 2.55. The fraction of sp³-hybridized carbons (Fsp3) is 0.333. The normalized spacial score (nSPS) is 11.0. The molecular weight excluding hydrogens is 238 g/mol. The number of aromatic nitrogens is 1. The molecule has 0 radical (unpaired) electrons. The fourth-order valence-corrected chi connectivity index (χ4v) is 2.34. The number of hydrogen-bond acceptors (Lipinski definition) is 4. The van der Waals surface area contributed by atoms with Gasteiger partial charge < -0.3 is 9.30 Å². The summed E-state index contributed by atoms with van der Waals surface area (Å²) in [5, 5.41) is 2.51. The van der Waals surface area contributed by atoms with Gasteiger partial charge >= 0.3 is 5.97 Å². The Morgan fingerprint density at radius 2 is 2.24 bits per heavy atom. The molecule has 0 aliphatic carbocycles. The van der Waals surface area contributed by atoms with Crippen molar-refractivity contribution in [3.63, 3.8) is 0 Å². The predicted molar refractivity (Wildman–Crippen MR) is 67.3 cm³/mol. The summed E-state index contributed by atoms with van der Waals surface area (Å²) in [5.41, 5.74) is -0.149. The van der Waals surface area contributed by atoms with Crippen molar-refractivity contribution in [1.29, 1.82) is 0 Å². The van der Waals surface area contributed by atoms with E-state index in [-0.39, 0.29) is 18.2 Å². The first-order chi connectivity index (χ1) is 8.08. The summed E-state index contributed by atoms with van der Waals surface area (Å²) in [5.74, 6) is -0.392. The SMILES string of the molecule is CC(C)OC(=O)Cn1ccc2sccc2c1=O. The Morgan fingerprint density at radius 1 is 1.47 bits per heavy atom. The predicted octanol–water partition coefficient (Wildman–Crippen LogP) is 2.01. The molecule has 0 fully saturated rings. The lowest BCUT2D eigenvalue weighted by Crippen LogP contribution is -2.25. The van der Waals surface area contributed by atoms with E-state index in [4.69, 9.17) is 4.74 Å². The summed E-state index contributed by atoms with van der Waals surface area (Å²) in [6.45, 7) is 3.52. The second-order valence-corrected chi connectivity index (χ2v) is 4.93. The van der Waals surface area contributed by atoms with Crippen LogP contribution in [0, 0.1) is 0 Å². The molecule has 0 aliphatic heterocycles. The van der Waals surface area contributed by atoms with Gasteiger partial charge in [0.15, 0.2) is 0 Å². The Labute approximate surface area is 102 Å². The zero-order valence-electron chi connectivity index (χ0n) is 9.67. The van der Waals surface area contributed by atoms with Crippen LogP contribution in [0.5, 0.6) is 0 Å². The lowest BCUT2D eigenvalue weighted by atomic mass is 10.3. The van der Waals surface area contributed by atoms with Crippen LogP contribution in [0.1, 0.15) is 13.8 Å². The van der Waals surface area contributed by atoms with Gasteiger partial charge in [0.25, 0.3) is 5.56 Å². The van der Waals surface area contributed by atoms with E-state index in [0.717, 1.165) is 4.70 Å². The minimum absolute atomic E-state index is 0.0389. The third-order valence-electron chi connectivity index (χ3n) is 2.26. The Hall–Kier alpha value is -1.62. The van der Waals surface area contributed by atoms with Gasteiger partial charge in [-0.25, -0.2) is 0 Å². The minimum atomic E-state index is -0.392. The summed E-state index contributed by atoms with van der Waals surface area (Å²) in [4.78, 5) is 23.4. The average molecular weight is 251 g/mol. The molecule has 0 atom stereocenters. The van der Waals surface area contributed by atoms with Crippen molar-refractivity contribution in [2.75, 3.05) is 0 Å². The second kappa shape index (κ2) is 4.71. The largest absolute Gasteiger partial charge is 0.462 e. The molecule has 2 rings (SSSR count). The number of ether oxygens (including phenoxy) is 1. The minimum Gasteiger partial charge on any atom is -0.462 e. The molecule has 0 unspecified atom stereocenters. The molecule has 4 nitrogen and oxygen atoms in total. The maximum absolute atomic E-state index is 12.0. The number of thiophene rings is 1. The monoisotopic (exact) mass is 251 g/mol. The van der Waals surface area contributed by atoms with Gasteiger partial charge in [0.1, 0.15) is 6.54 Å². The van der Waals surface area contributed by atoms with Crippen LogP contribution in [0.2, 0.25) is 0 Å². The maximum atomic E-state index is 12.0. The van der Waals surface area contributed by atoms with Crippen molar-refractivity contribution < 1.29 is 9.53 Å². The summed E-state index contributed by atoms with van der Waals surface area (Å²) < 4.78 is 7.32. The van der Waals surface area contributed by atoms with Gasteiger partial charge in [0.2, 0.25) is 0 Å². The van der Waals surface area contributed by atoms with Crippen molar-refractivity contribution in [1.82, 2.24) is 4.57 Å². The van der Waals surface area contributed by atoms with Gasteiger partial charge in [-0.2, -0.15) is 0 Å². The first-order valence-electron chi connectivity index (χ1n) is 5.34.